The zero-order valence-corrected chi connectivity index (χ0v) is 9.05. The first-order chi connectivity index (χ1) is 6.63. The Bertz CT molecular complexity index is 209. The Kier molecular flexibility index (Phi) is 4.14. The highest BCUT2D eigenvalue weighted by Crippen LogP contribution is 2.26. The first-order valence-corrected chi connectivity index (χ1v) is 5.28. The van der Waals surface area contributed by atoms with Gasteiger partial charge in [0.2, 0.25) is 5.91 Å². The Hall–Kier alpha value is -0.830. The lowest BCUT2D eigenvalue weighted by Crippen LogP contribution is -2.50. The lowest BCUT2D eigenvalue weighted by molar-refractivity contribution is -0.123. The van der Waals surface area contributed by atoms with Crippen LogP contribution in [0.25, 0.3) is 0 Å². The number of carbonyl (C=O) groups is 1. The van der Waals surface area contributed by atoms with Crippen LogP contribution in [0.2, 0.25) is 0 Å². The lowest BCUT2D eigenvalue weighted by Gasteiger charge is -2.35. The van der Waals surface area contributed by atoms with E-state index < -0.39 is 0 Å². The molecule has 0 bridgehead atoms. The summed E-state index contributed by atoms with van der Waals surface area (Å²) in [5.74, 6) is 0.875. The van der Waals surface area contributed by atoms with Crippen molar-refractivity contribution >= 4 is 5.91 Å². The van der Waals surface area contributed by atoms with Gasteiger partial charge in [-0.3, -0.25) is 4.79 Å². The Morgan fingerprint density at radius 2 is 2.29 bits per heavy atom. The van der Waals surface area contributed by atoms with E-state index in [0.29, 0.717) is 12.6 Å². The van der Waals surface area contributed by atoms with Gasteiger partial charge in [0.25, 0.3) is 0 Å². The standard InChI is InChI=1S/C11H20N2O/c1-4-5-12-11(14)9(3)13-10-6-8(2)7-10/h4,8-10,13H,1,5-7H2,2-3H3,(H,12,14). The summed E-state index contributed by atoms with van der Waals surface area (Å²) in [6.45, 7) is 8.24. The van der Waals surface area contributed by atoms with Gasteiger partial charge in [-0.2, -0.15) is 0 Å². The predicted molar refractivity (Wildman–Crippen MR) is 58.0 cm³/mol. The van der Waals surface area contributed by atoms with Crippen LogP contribution in [0, 0.1) is 5.92 Å². The van der Waals surface area contributed by atoms with Crippen molar-refractivity contribution in [3.63, 3.8) is 0 Å². The molecular formula is C11H20N2O. The van der Waals surface area contributed by atoms with Gasteiger partial charge in [0, 0.05) is 12.6 Å². The zero-order chi connectivity index (χ0) is 10.6. The smallest absolute Gasteiger partial charge is 0.237 e. The summed E-state index contributed by atoms with van der Waals surface area (Å²) < 4.78 is 0. The fourth-order valence-corrected chi connectivity index (χ4v) is 1.79. The van der Waals surface area contributed by atoms with Crippen molar-refractivity contribution in [3.05, 3.63) is 12.7 Å². The van der Waals surface area contributed by atoms with Crippen LogP contribution in [-0.4, -0.2) is 24.5 Å². The maximum Gasteiger partial charge on any atom is 0.237 e. The summed E-state index contributed by atoms with van der Waals surface area (Å²) in [6.07, 6.45) is 4.08. The second-order valence-electron chi connectivity index (χ2n) is 4.20. The van der Waals surface area contributed by atoms with Crippen LogP contribution in [0.15, 0.2) is 12.7 Å². The third-order valence-corrected chi connectivity index (χ3v) is 2.67. The molecule has 0 spiro atoms. The topological polar surface area (TPSA) is 41.1 Å². The minimum absolute atomic E-state index is 0.0597. The first-order valence-electron chi connectivity index (χ1n) is 5.28. The molecule has 1 aliphatic rings. The Balaban J connectivity index is 2.17. The van der Waals surface area contributed by atoms with Crippen molar-refractivity contribution in [2.24, 2.45) is 5.92 Å². The number of hydrogen-bond acceptors (Lipinski definition) is 2. The second kappa shape index (κ2) is 5.15. The van der Waals surface area contributed by atoms with E-state index >= 15 is 0 Å². The molecular weight excluding hydrogens is 176 g/mol. The molecule has 1 unspecified atom stereocenters. The van der Waals surface area contributed by atoms with Crippen molar-refractivity contribution < 1.29 is 4.79 Å². The average molecular weight is 196 g/mol. The van der Waals surface area contributed by atoms with E-state index in [2.05, 4.69) is 24.1 Å². The molecule has 1 aliphatic carbocycles. The van der Waals surface area contributed by atoms with E-state index in [0.717, 1.165) is 5.92 Å². The maximum absolute atomic E-state index is 11.4. The number of amides is 1. The van der Waals surface area contributed by atoms with Crippen LogP contribution in [0.1, 0.15) is 26.7 Å². The number of rotatable bonds is 5. The van der Waals surface area contributed by atoms with Gasteiger partial charge >= 0.3 is 0 Å². The SMILES string of the molecule is C=CCNC(=O)C(C)NC1CC(C)C1. The third-order valence-electron chi connectivity index (χ3n) is 2.67. The molecule has 0 aromatic carbocycles. The summed E-state index contributed by atoms with van der Waals surface area (Å²) in [4.78, 5) is 11.4. The summed E-state index contributed by atoms with van der Waals surface area (Å²) >= 11 is 0. The lowest BCUT2D eigenvalue weighted by atomic mass is 9.81. The van der Waals surface area contributed by atoms with Gasteiger partial charge in [-0.05, 0) is 25.7 Å². The van der Waals surface area contributed by atoms with Gasteiger partial charge in [0.15, 0.2) is 0 Å². The molecule has 1 saturated carbocycles. The van der Waals surface area contributed by atoms with Crippen molar-refractivity contribution in [1.29, 1.82) is 0 Å². The van der Waals surface area contributed by atoms with E-state index in [4.69, 9.17) is 0 Å². The molecule has 3 heteroatoms. The van der Waals surface area contributed by atoms with Crippen molar-refractivity contribution in [3.8, 4) is 0 Å². The molecule has 0 aromatic heterocycles. The molecule has 14 heavy (non-hydrogen) atoms. The monoisotopic (exact) mass is 196 g/mol. The maximum atomic E-state index is 11.4. The highest BCUT2D eigenvalue weighted by Gasteiger charge is 2.27. The minimum atomic E-state index is -0.0903. The van der Waals surface area contributed by atoms with E-state index in [-0.39, 0.29) is 11.9 Å². The second-order valence-corrected chi connectivity index (χ2v) is 4.20. The van der Waals surface area contributed by atoms with E-state index in [1.807, 2.05) is 6.92 Å². The summed E-state index contributed by atoms with van der Waals surface area (Å²) in [7, 11) is 0. The molecule has 0 saturated heterocycles. The Labute approximate surface area is 86.0 Å². The van der Waals surface area contributed by atoms with Crippen LogP contribution < -0.4 is 10.6 Å². The fourth-order valence-electron chi connectivity index (χ4n) is 1.79. The number of nitrogens with one attached hydrogen (secondary N) is 2. The van der Waals surface area contributed by atoms with Crippen LogP contribution in [0.3, 0.4) is 0 Å². The highest BCUT2D eigenvalue weighted by molar-refractivity contribution is 5.81. The summed E-state index contributed by atoms with van der Waals surface area (Å²) in [5.41, 5.74) is 0. The van der Waals surface area contributed by atoms with E-state index in [1.165, 1.54) is 12.8 Å². The van der Waals surface area contributed by atoms with Crippen molar-refractivity contribution in [2.45, 2.75) is 38.8 Å². The molecule has 0 aliphatic heterocycles. The highest BCUT2D eigenvalue weighted by atomic mass is 16.2. The molecule has 3 nitrogen and oxygen atoms in total. The molecule has 0 heterocycles. The molecule has 2 N–H and O–H groups in total. The van der Waals surface area contributed by atoms with Crippen LogP contribution in [0.4, 0.5) is 0 Å². The zero-order valence-electron chi connectivity index (χ0n) is 9.05. The minimum Gasteiger partial charge on any atom is -0.351 e. The fraction of sp³-hybridized carbons (Fsp3) is 0.727. The molecule has 0 aromatic rings. The normalized spacial score (nSPS) is 27.6. The third kappa shape index (κ3) is 3.14. The van der Waals surface area contributed by atoms with Crippen LogP contribution in [0.5, 0.6) is 0 Å². The first kappa shape index (κ1) is 11.2. The average Bonchev–Trinajstić information content (AvgIpc) is 2.11. The molecule has 1 atom stereocenters. The van der Waals surface area contributed by atoms with Gasteiger partial charge < -0.3 is 10.6 Å². The predicted octanol–water partition coefficient (Wildman–Crippen LogP) is 1.07. The molecule has 0 radical (unpaired) electrons. The van der Waals surface area contributed by atoms with Gasteiger partial charge in [-0.1, -0.05) is 13.0 Å². The molecule has 1 amide bonds. The largest absolute Gasteiger partial charge is 0.351 e. The quantitative estimate of drug-likeness (QED) is 0.646. The summed E-state index contributed by atoms with van der Waals surface area (Å²) in [5, 5.41) is 6.09. The Morgan fingerprint density at radius 1 is 1.64 bits per heavy atom. The molecule has 1 rings (SSSR count). The van der Waals surface area contributed by atoms with Gasteiger partial charge in [-0.15, -0.1) is 6.58 Å². The number of hydrogen-bond donors (Lipinski definition) is 2. The number of carbonyl (C=O) groups excluding carboxylic acids is 1. The van der Waals surface area contributed by atoms with E-state index in [9.17, 15) is 4.79 Å². The summed E-state index contributed by atoms with van der Waals surface area (Å²) in [6, 6.07) is 0.446. The van der Waals surface area contributed by atoms with Gasteiger partial charge in [-0.25, -0.2) is 0 Å². The Morgan fingerprint density at radius 3 is 2.79 bits per heavy atom. The van der Waals surface area contributed by atoms with Crippen molar-refractivity contribution in [1.82, 2.24) is 10.6 Å². The van der Waals surface area contributed by atoms with E-state index in [1.54, 1.807) is 6.08 Å². The van der Waals surface area contributed by atoms with Crippen molar-refractivity contribution in [2.75, 3.05) is 6.54 Å². The molecule has 80 valence electrons. The van der Waals surface area contributed by atoms with Gasteiger partial charge in [0.05, 0.1) is 6.04 Å². The molecule has 1 fully saturated rings. The van der Waals surface area contributed by atoms with Gasteiger partial charge in [0.1, 0.15) is 0 Å². The van der Waals surface area contributed by atoms with Crippen LogP contribution in [-0.2, 0) is 4.79 Å². The van der Waals surface area contributed by atoms with Crippen LogP contribution >= 0.6 is 0 Å².